The number of nitrogens with one attached hydrogen (secondary N) is 1. The summed E-state index contributed by atoms with van der Waals surface area (Å²) in [5, 5.41) is 2.65. The topological polar surface area (TPSA) is 73.9 Å². The van der Waals surface area contributed by atoms with Crippen molar-refractivity contribution in [3.05, 3.63) is 59.4 Å². The molecule has 0 unspecified atom stereocenters. The molecule has 2 aromatic carbocycles. The zero-order chi connectivity index (χ0) is 20.4. The number of esters is 1. The van der Waals surface area contributed by atoms with Gasteiger partial charge in [-0.2, -0.15) is 0 Å². The van der Waals surface area contributed by atoms with Crippen LogP contribution in [0.25, 0.3) is 0 Å². The van der Waals surface area contributed by atoms with Gasteiger partial charge < -0.3 is 19.5 Å². The number of halogens is 1. The molecule has 7 heteroatoms. The van der Waals surface area contributed by atoms with Gasteiger partial charge in [0.25, 0.3) is 5.91 Å². The van der Waals surface area contributed by atoms with Gasteiger partial charge in [0.15, 0.2) is 18.1 Å². The molecule has 1 N–H and O–H groups in total. The van der Waals surface area contributed by atoms with Gasteiger partial charge in [-0.3, -0.25) is 4.79 Å². The van der Waals surface area contributed by atoms with Crippen LogP contribution in [0.15, 0.2) is 42.5 Å². The number of amides is 1. The Bertz CT molecular complexity index is 792. The second-order valence-electron chi connectivity index (χ2n) is 6.02. The fourth-order valence-electron chi connectivity index (χ4n) is 2.39. The highest BCUT2D eigenvalue weighted by Gasteiger charge is 2.14. The van der Waals surface area contributed by atoms with E-state index in [2.05, 4.69) is 5.32 Å². The minimum Gasteiger partial charge on any atom is -0.493 e. The minimum absolute atomic E-state index is 0.264. The van der Waals surface area contributed by atoms with Crippen LogP contribution >= 0.6 is 0 Å². The van der Waals surface area contributed by atoms with Crippen LogP contribution in [-0.4, -0.2) is 38.7 Å². The zero-order valence-electron chi connectivity index (χ0n) is 16.0. The quantitative estimate of drug-likeness (QED) is 0.632. The van der Waals surface area contributed by atoms with Gasteiger partial charge in [-0.05, 0) is 48.7 Å². The molecule has 0 aliphatic heterocycles. The van der Waals surface area contributed by atoms with E-state index < -0.39 is 18.5 Å². The summed E-state index contributed by atoms with van der Waals surface area (Å²) in [5.41, 5.74) is 1.16. The van der Waals surface area contributed by atoms with Crippen LogP contribution in [-0.2, 0) is 16.0 Å². The molecule has 0 fully saturated rings. The fraction of sp³-hybridized carbons (Fsp3) is 0.333. The normalized spacial score (nSPS) is 10.2. The molecule has 0 spiro atoms. The lowest BCUT2D eigenvalue weighted by atomic mass is 10.1. The molecule has 6 nitrogen and oxygen atoms in total. The molecule has 0 heterocycles. The Morgan fingerprint density at radius 2 is 1.82 bits per heavy atom. The lowest BCUT2D eigenvalue weighted by molar-refractivity contribution is -0.124. The third-order valence-electron chi connectivity index (χ3n) is 3.84. The monoisotopic (exact) mass is 389 g/mol. The van der Waals surface area contributed by atoms with Crippen LogP contribution in [0.5, 0.6) is 11.5 Å². The van der Waals surface area contributed by atoms with Gasteiger partial charge in [0.05, 0.1) is 19.3 Å². The zero-order valence-corrected chi connectivity index (χ0v) is 16.0. The average Bonchev–Trinajstić information content (AvgIpc) is 2.71. The van der Waals surface area contributed by atoms with E-state index in [9.17, 15) is 14.0 Å². The van der Waals surface area contributed by atoms with Crippen molar-refractivity contribution >= 4 is 11.9 Å². The number of ether oxygens (including phenoxy) is 3. The molecule has 1 amide bonds. The first-order valence-electron chi connectivity index (χ1n) is 9.02. The molecular formula is C21H24FNO5. The lowest BCUT2D eigenvalue weighted by Crippen LogP contribution is -2.30. The van der Waals surface area contributed by atoms with Crippen LogP contribution in [0, 0.1) is 5.82 Å². The van der Waals surface area contributed by atoms with E-state index in [0.717, 1.165) is 12.0 Å². The Hall–Kier alpha value is -3.09. The summed E-state index contributed by atoms with van der Waals surface area (Å²) in [4.78, 5) is 24.0. The maximum absolute atomic E-state index is 12.8. The van der Waals surface area contributed by atoms with Crippen molar-refractivity contribution in [1.29, 1.82) is 0 Å². The number of carbonyl (C=O) groups excluding carboxylic acids is 2. The SMILES string of the molecule is CCCOc1ccc(C(=O)OCC(=O)NCCc2ccc(F)cc2)cc1OC. The molecule has 0 aromatic heterocycles. The van der Waals surface area contributed by atoms with Crippen LogP contribution in [0.2, 0.25) is 0 Å². The van der Waals surface area contributed by atoms with Gasteiger partial charge in [0.2, 0.25) is 0 Å². The molecule has 2 aromatic rings. The first kappa shape index (κ1) is 21.2. The molecule has 0 aliphatic rings. The van der Waals surface area contributed by atoms with Gasteiger partial charge >= 0.3 is 5.97 Å². The number of hydrogen-bond acceptors (Lipinski definition) is 5. The van der Waals surface area contributed by atoms with Crippen molar-refractivity contribution in [3.8, 4) is 11.5 Å². The largest absolute Gasteiger partial charge is 0.493 e. The van der Waals surface area contributed by atoms with Crippen LogP contribution in [0.1, 0.15) is 29.3 Å². The molecular weight excluding hydrogens is 365 g/mol. The molecule has 2 rings (SSSR count). The predicted octanol–water partition coefficient (Wildman–Crippen LogP) is 3.14. The highest BCUT2D eigenvalue weighted by Crippen LogP contribution is 2.28. The minimum atomic E-state index is -0.631. The van der Waals surface area contributed by atoms with Gasteiger partial charge in [-0.25, -0.2) is 9.18 Å². The summed E-state index contributed by atoms with van der Waals surface area (Å²) in [7, 11) is 1.48. The number of rotatable bonds is 10. The Morgan fingerprint density at radius 1 is 1.07 bits per heavy atom. The van der Waals surface area contributed by atoms with Crippen LogP contribution in [0.4, 0.5) is 4.39 Å². The molecule has 28 heavy (non-hydrogen) atoms. The van der Waals surface area contributed by atoms with Crippen molar-refractivity contribution in [2.75, 3.05) is 26.9 Å². The smallest absolute Gasteiger partial charge is 0.338 e. The highest BCUT2D eigenvalue weighted by molar-refractivity contribution is 5.92. The first-order valence-corrected chi connectivity index (χ1v) is 9.02. The molecule has 0 saturated heterocycles. The van der Waals surface area contributed by atoms with E-state index in [0.29, 0.717) is 31.1 Å². The van der Waals surface area contributed by atoms with Gasteiger partial charge in [-0.15, -0.1) is 0 Å². The Balaban J connectivity index is 1.79. The van der Waals surface area contributed by atoms with Crippen molar-refractivity contribution in [1.82, 2.24) is 5.32 Å². The third kappa shape index (κ3) is 6.57. The standard InChI is InChI=1S/C21H24FNO5/c1-3-12-27-18-9-6-16(13-19(18)26-2)21(25)28-14-20(24)23-11-10-15-4-7-17(22)8-5-15/h4-9,13H,3,10-12,14H2,1-2H3,(H,23,24). The van der Waals surface area contributed by atoms with E-state index in [4.69, 9.17) is 14.2 Å². The van der Waals surface area contributed by atoms with Crippen molar-refractivity contribution in [3.63, 3.8) is 0 Å². The van der Waals surface area contributed by atoms with Gasteiger partial charge in [0.1, 0.15) is 5.82 Å². The van der Waals surface area contributed by atoms with E-state index >= 15 is 0 Å². The summed E-state index contributed by atoms with van der Waals surface area (Å²) in [5.74, 6) is -0.383. The highest BCUT2D eigenvalue weighted by atomic mass is 19.1. The number of hydrogen-bond donors (Lipinski definition) is 1. The van der Waals surface area contributed by atoms with Crippen LogP contribution < -0.4 is 14.8 Å². The molecule has 0 saturated carbocycles. The molecule has 150 valence electrons. The number of carbonyl (C=O) groups is 2. The van der Waals surface area contributed by atoms with Gasteiger partial charge in [-0.1, -0.05) is 19.1 Å². The maximum atomic E-state index is 12.8. The van der Waals surface area contributed by atoms with Gasteiger partial charge in [0, 0.05) is 6.54 Å². The second kappa shape index (κ2) is 10.9. The third-order valence-corrected chi connectivity index (χ3v) is 3.84. The molecule has 0 bridgehead atoms. The number of methoxy groups -OCH3 is 1. The lowest BCUT2D eigenvalue weighted by Gasteiger charge is -2.11. The first-order chi connectivity index (χ1) is 13.5. The second-order valence-corrected chi connectivity index (χ2v) is 6.02. The Labute approximate surface area is 163 Å². The maximum Gasteiger partial charge on any atom is 0.338 e. The summed E-state index contributed by atoms with van der Waals surface area (Å²) >= 11 is 0. The predicted molar refractivity (Wildman–Crippen MR) is 102 cm³/mol. The summed E-state index contributed by atoms with van der Waals surface area (Å²) in [6, 6.07) is 10.7. The molecule has 0 aliphatic carbocycles. The van der Waals surface area contributed by atoms with Crippen LogP contribution in [0.3, 0.4) is 0 Å². The molecule has 0 radical (unpaired) electrons. The number of benzene rings is 2. The average molecular weight is 389 g/mol. The fourth-order valence-corrected chi connectivity index (χ4v) is 2.39. The summed E-state index contributed by atoms with van der Waals surface area (Å²) < 4.78 is 28.6. The van der Waals surface area contributed by atoms with E-state index in [1.807, 2.05) is 6.92 Å². The Kier molecular flexibility index (Phi) is 8.27. The van der Waals surface area contributed by atoms with Crippen molar-refractivity contribution in [2.45, 2.75) is 19.8 Å². The molecule has 0 atom stereocenters. The Morgan fingerprint density at radius 3 is 2.50 bits per heavy atom. The van der Waals surface area contributed by atoms with Crippen molar-refractivity contribution in [2.24, 2.45) is 0 Å². The van der Waals surface area contributed by atoms with E-state index in [1.165, 1.54) is 25.3 Å². The van der Waals surface area contributed by atoms with E-state index in [-0.39, 0.29) is 11.4 Å². The van der Waals surface area contributed by atoms with E-state index in [1.54, 1.807) is 24.3 Å². The summed E-state index contributed by atoms with van der Waals surface area (Å²) in [6.45, 7) is 2.50. The summed E-state index contributed by atoms with van der Waals surface area (Å²) in [6.07, 6.45) is 1.40. The van der Waals surface area contributed by atoms with Crippen molar-refractivity contribution < 1.29 is 28.2 Å².